The molecule has 8 aromatic carbocycles. The minimum Gasteiger partial charge on any atom is -0.309 e. The van der Waals surface area contributed by atoms with Gasteiger partial charge in [-0.2, -0.15) is 0 Å². The predicted molar refractivity (Wildman–Crippen MR) is 221 cm³/mol. The minimum atomic E-state index is -3.11. The van der Waals surface area contributed by atoms with Gasteiger partial charge in [-0.15, -0.1) is 0 Å². The zero-order valence-corrected chi connectivity index (χ0v) is 29.6. The van der Waals surface area contributed by atoms with Crippen LogP contribution in [0.25, 0.3) is 72.0 Å². The zero-order valence-electron chi connectivity index (χ0n) is 28.7. The van der Waals surface area contributed by atoms with E-state index in [0.717, 1.165) is 66.0 Å². The Balaban J connectivity index is 1.07. The number of imidazole rings is 1. The first-order valence-electron chi connectivity index (χ1n) is 17.8. The molecular weight excluding hydrogens is 666 g/mol. The van der Waals surface area contributed by atoms with Gasteiger partial charge in [-0.05, 0) is 63.4 Å². The van der Waals surface area contributed by atoms with Crippen molar-refractivity contribution in [1.29, 1.82) is 0 Å². The Morgan fingerprint density at radius 1 is 0.396 bits per heavy atom. The van der Waals surface area contributed by atoms with Crippen LogP contribution in [0.5, 0.6) is 0 Å². The normalized spacial score (nSPS) is 11.8. The van der Waals surface area contributed by atoms with Gasteiger partial charge >= 0.3 is 0 Å². The maximum absolute atomic E-state index is 15.0. The van der Waals surface area contributed by atoms with Gasteiger partial charge in [0.05, 0.1) is 16.6 Å². The average Bonchev–Trinajstić information content (AvgIpc) is 3.64. The number of nitrogens with zero attached hydrogens (tertiary/aromatic N) is 3. The molecule has 0 atom stereocenters. The predicted octanol–water partition coefficient (Wildman–Crippen LogP) is 10.8. The summed E-state index contributed by atoms with van der Waals surface area (Å²) in [5, 5.41) is 5.86. The van der Waals surface area contributed by atoms with Gasteiger partial charge in [0.1, 0.15) is 11.5 Å². The summed E-state index contributed by atoms with van der Waals surface area (Å²) in [6.07, 6.45) is 0. The van der Waals surface area contributed by atoms with Gasteiger partial charge in [-0.3, -0.25) is 4.40 Å². The summed E-state index contributed by atoms with van der Waals surface area (Å²) in [5.74, 6) is 0.787. The Bertz CT molecular complexity index is 2970. The van der Waals surface area contributed by atoms with Crippen LogP contribution in [-0.4, -0.2) is 14.4 Å². The molecule has 0 aliphatic carbocycles. The third kappa shape index (κ3) is 5.27. The smallest absolute Gasteiger partial charge is 0.171 e. The quantitative estimate of drug-likeness (QED) is 0.163. The fourth-order valence-corrected chi connectivity index (χ4v) is 10.2. The van der Waals surface area contributed by atoms with Crippen LogP contribution >= 0.6 is 7.14 Å². The molecule has 4 nitrogen and oxygen atoms in total. The van der Waals surface area contributed by atoms with Crippen LogP contribution in [0, 0.1) is 0 Å². The summed E-state index contributed by atoms with van der Waals surface area (Å²) >= 11 is 0. The van der Waals surface area contributed by atoms with Gasteiger partial charge in [-0.1, -0.05) is 164 Å². The van der Waals surface area contributed by atoms with Crippen LogP contribution < -0.4 is 15.9 Å². The first-order chi connectivity index (χ1) is 26.1. The highest BCUT2D eigenvalue weighted by molar-refractivity contribution is 7.85. The summed E-state index contributed by atoms with van der Waals surface area (Å²) in [4.78, 5) is 10.4. The summed E-state index contributed by atoms with van der Waals surface area (Å²) < 4.78 is 17.2. The molecule has 0 fully saturated rings. The van der Waals surface area contributed by atoms with Crippen LogP contribution in [0.2, 0.25) is 0 Å². The second-order valence-corrected chi connectivity index (χ2v) is 16.2. The number of benzene rings is 8. The summed E-state index contributed by atoms with van der Waals surface area (Å²) in [6.45, 7) is 0. The molecule has 5 heteroatoms. The number of aromatic nitrogens is 3. The van der Waals surface area contributed by atoms with Crippen molar-refractivity contribution in [1.82, 2.24) is 14.4 Å². The van der Waals surface area contributed by atoms with E-state index in [1.165, 1.54) is 21.9 Å². The van der Waals surface area contributed by atoms with Crippen LogP contribution in [0.15, 0.2) is 194 Å². The first-order valence-corrected chi connectivity index (χ1v) is 19.5. The lowest BCUT2D eigenvalue weighted by molar-refractivity contribution is 0.592. The Labute approximate surface area is 307 Å². The van der Waals surface area contributed by atoms with E-state index >= 15 is 4.57 Å². The molecule has 250 valence electrons. The lowest BCUT2D eigenvalue weighted by Crippen LogP contribution is -2.24. The number of para-hydroxylation sites is 2. The monoisotopic (exact) mass is 697 g/mol. The molecule has 0 aliphatic rings. The lowest BCUT2D eigenvalue weighted by Gasteiger charge is -2.20. The van der Waals surface area contributed by atoms with E-state index in [1.807, 2.05) is 103 Å². The lowest BCUT2D eigenvalue weighted by atomic mass is 9.98. The van der Waals surface area contributed by atoms with Crippen LogP contribution in [-0.2, 0) is 4.57 Å². The molecule has 10 rings (SSSR count). The van der Waals surface area contributed by atoms with E-state index in [-0.39, 0.29) is 0 Å². The van der Waals surface area contributed by atoms with E-state index in [2.05, 4.69) is 95.4 Å². The highest BCUT2D eigenvalue weighted by Crippen LogP contribution is 2.43. The highest BCUT2D eigenvalue weighted by atomic mass is 31.2. The topological polar surface area (TPSA) is 47.3 Å². The summed E-state index contributed by atoms with van der Waals surface area (Å²) in [6, 6.07) is 66.2. The summed E-state index contributed by atoms with van der Waals surface area (Å²) in [5.41, 5.74) is 9.15. The van der Waals surface area contributed by atoms with Crippen molar-refractivity contribution in [3.63, 3.8) is 0 Å². The van der Waals surface area contributed by atoms with Crippen molar-refractivity contribution in [2.24, 2.45) is 0 Å². The van der Waals surface area contributed by atoms with E-state index < -0.39 is 7.14 Å². The van der Waals surface area contributed by atoms with Gasteiger partial charge in [0.15, 0.2) is 7.14 Å². The number of hydrogen-bond acceptors (Lipinski definition) is 3. The van der Waals surface area contributed by atoms with Crippen LogP contribution in [0.1, 0.15) is 0 Å². The van der Waals surface area contributed by atoms with E-state index in [1.54, 1.807) is 0 Å². The van der Waals surface area contributed by atoms with Gasteiger partial charge in [-0.25, -0.2) is 9.97 Å². The average molecular weight is 698 g/mol. The fraction of sp³-hybridized carbons (Fsp3) is 0. The molecule has 53 heavy (non-hydrogen) atoms. The van der Waals surface area contributed by atoms with E-state index in [4.69, 9.17) is 9.97 Å². The maximum Gasteiger partial charge on any atom is 0.171 e. The van der Waals surface area contributed by atoms with Crippen molar-refractivity contribution in [3.05, 3.63) is 194 Å². The fourth-order valence-electron chi connectivity index (χ4n) is 7.54. The first kappa shape index (κ1) is 31.2. The van der Waals surface area contributed by atoms with Gasteiger partial charge < -0.3 is 4.57 Å². The van der Waals surface area contributed by atoms with Gasteiger partial charge in [0.2, 0.25) is 0 Å². The second kappa shape index (κ2) is 12.6. The minimum absolute atomic E-state index is 0.780. The molecule has 0 saturated carbocycles. The van der Waals surface area contributed by atoms with Crippen LogP contribution in [0.4, 0.5) is 0 Å². The van der Waals surface area contributed by atoms with E-state index in [0.29, 0.717) is 0 Å². The molecule has 0 aliphatic heterocycles. The summed E-state index contributed by atoms with van der Waals surface area (Å²) in [7, 11) is -3.11. The molecule has 0 saturated heterocycles. The molecule has 0 N–H and O–H groups in total. The largest absolute Gasteiger partial charge is 0.309 e. The Kier molecular flexibility index (Phi) is 7.38. The van der Waals surface area contributed by atoms with E-state index in [9.17, 15) is 0 Å². The second-order valence-electron chi connectivity index (χ2n) is 13.4. The van der Waals surface area contributed by atoms with Gasteiger partial charge in [0.25, 0.3) is 0 Å². The highest BCUT2D eigenvalue weighted by Gasteiger charge is 2.29. The molecule has 2 aromatic heterocycles. The zero-order chi connectivity index (χ0) is 35.4. The van der Waals surface area contributed by atoms with Crippen molar-refractivity contribution in [3.8, 4) is 33.6 Å². The molecule has 0 spiro atoms. The Morgan fingerprint density at radius 3 is 1.62 bits per heavy atom. The van der Waals surface area contributed by atoms with Gasteiger partial charge in [0, 0.05) is 26.9 Å². The molecule has 0 bridgehead atoms. The van der Waals surface area contributed by atoms with Crippen LogP contribution in [0.3, 0.4) is 0 Å². The number of hydrogen-bond donors (Lipinski definition) is 0. The molecule has 10 aromatic rings. The molecule has 0 amide bonds. The van der Waals surface area contributed by atoms with Crippen molar-refractivity contribution >= 4 is 61.4 Å². The number of fused-ring (bicyclic) bond motifs is 6. The van der Waals surface area contributed by atoms with Crippen molar-refractivity contribution in [2.45, 2.75) is 0 Å². The SMILES string of the molecule is O=P(c1ccccc1)(c1ccccc1)c1ccc(-c2nc3ccc(-c4ccc(-c5ccc6ccccc6c5)cc4)cc3c3nc4ccccc4n23)cc1. The van der Waals surface area contributed by atoms with Crippen molar-refractivity contribution < 1.29 is 4.57 Å². The third-order valence-corrected chi connectivity index (χ3v) is 13.3. The third-order valence-electron chi connectivity index (χ3n) is 10.3. The molecular formula is C48H32N3OP. The van der Waals surface area contributed by atoms with Crippen molar-refractivity contribution in [2.75, 3.05) is 0 Å². The molecule has 0 unspecified atom stereocenters. The molecule has 2 heterocycles. The standard InChI is InChI=1S/C48H32N3OP/c52-53(40-13-3-1-4-14-40,41-15-5-2-6-16-41)42-28-25-36(26-29-42)47-49-44-30-27-39(32-43(44)48-50-45-17-9-10-18-46(45)51(47)48)35-21-19-34(20-22-35)38-24-23-33-11-7-8-12-37(33)31-38/h1-32H. The number of rotatable bonds is 6. The molecule has 0 radical (unpaired) electrons. The Morgan fingerprint density at radius 2 is 0.925 bits per heavy atom. The Hall–Kier alpha value is -6.61. The maximum atomic E-state index is 15.0.